The van der Waals surface area contributed by atoms with Gasteiger partial charge in [0.05, 0.1) is 19.3 Å². The van der Waals surface area contributed by atoms with Gasteiger partial charge in [-0.3, -0.25) is 15.4 Å². The minimum atomic E-state index is 0.722. The molecule has 0 radical (unpaired) electrons. The van der Waals surface area contributed by atoms with Crippen LogP contribution in [-0.4, -0.2) is 19.5 Å². The van der Waals surface area contributed by atoms with E-state index in [4.69, 9.17) is 4.74 Å². The zero-order chi connectivity index (χ0) is 14.5. The largest absolute Gasteiger partial charge is 0.497 e. The lowest BCUT2D eigenvalue weighted by molar-refractivity contribution is 0.415. The first-order valence-electron chi connectivity index (χ1n) is 7.10. The van der Waals surface area contributed by atoms with E-state index in [0.29, 0.717) is 0 Å². The Kier molecular flexibility index (Phi) is 4.05. The molecule has 0 saturated carbocycles. The maximum atomic E-state index is 5.18. The fraction of sp³-hybridized carbons (Fsp3) is 0.235. The Morgan fingerprint density at radius 1 is 1.10 bits per heavy atom. The van der Waals surface area contributed by atoms with Gasteiger partial charge in [0, 0.05) is 13.0 Å². The summed E-state index contributed by atoms with van der Waals surface area (Å²) in [6.45, 7) is 1.65. The lowest BCUT2D eigenvalue weighted by atomic mass is 10.2. The first-order valence-corrected chi connectivity index (χ1v) is 7.10. The number of methoxy groups -OCH3 is 1. The van der Waals surface area contributed by atoms with Crippen molar-refractivity contribution >= 4 is 11.5 Å². The molecule has 4 heteroatoms. The maximum Gasteiger partial charge on any atom is 0.119 e. The summed E-state index contributed by atoms with van der Waals surface area (Å²) in [5.74, 6) is 1.91. The van der Waals surface area contributed by atoms with E-state index in [-0.39, 0.29) is 0 Å². The minimum Gasteiger partial charge on any atom is -0.497 e. The summed E-state index contributed by atoms with van der Waals surface area (Å²) in [5, 5.41) is 2.11. The molecule has 3 rings (SSSR count). The molecule has 1 aliphatic rings. The fourth-order valence-corrected chi connectivity index (χ4v) is 2.33. The average Bonchev–Trinajstić information content (AvgIpc) is 3.03. The van der Waals surface area contributed by atoms with E-state index >= 15 is 0 Å². The number of nitrogens with zero attached hydrogens (tertiary/aromatic N) is 2. The molecule has 108 valence electrons. The van der Waals surface area contributed by atoms with Crippen LogP contribution in [0, 0.1) is 0 Å². The van der Waals surface area contributed by atoms with Crippen LogP contribution in [-0.2, 0) is 6.54 Å². The molecule has 2 aromatic rings. The third-order valence-corrected chi connectivity index (χ3v) is 3.52. The van der Waals surface area contributed by atoms with Crippen LogP contribution in [0.3, 0.4) is 0 Å². The number of hydrogen-bond donors (Lipinski definition) is 1. The predicted octanol–water partition coefficient (Wildman–Crippen LogP) is 3.01. The van der Waals surface area contributed by atoms with Crippen LogP contribution in [0.5, 0.6) is 5.75 Å². The summed E-state index contributed by atoms with van der Waals surface area (Å²) >= 11 is 0. The van der Waals surface area contributed by atoms with E-state index in [1.54, 1.807) is 7.11 Å². The van der Waals surface area contributed by atoms with Crippen LogP contribution in [0.15, 0.2) is 59.6 Å². The van der Waals surface area contributed by atoms with Crippen LogP contribution in [0.25, 0.3) is 0 Å². The number of hydrogen-bond acceptors (Lipinski definition) is 3. The first-order chi connectivity index (χ1) is 10.3. The van der Waals surface area contributed by atoms with E-state index in [0.717, 1.165) is 36.8 Å². The molecule has 0 spiro atoms. The summed E-state index contributed by atoms with van der Waals surface area (Å²) in [4.78, 5) is 4.64. The fourth-order valence-electron chi connectivity index (χ4n) is 2.33. The lowest BCUT2D eigenvalue weighted by Gasteiger charge is -2.18. The summed E-state index contributed by atoms with van der Waals surface area (Å²) in [5.41, 5.74) is 5.71. The Labute approximate surface area is 125 Å². The zero-order valence-corrected chi connectivity index (χ0v) is 12.1. The standard InChI is InChI=1S/C17H19N3O/c1-21-16-9-7-15(8-10-16)20-12-11-17(19-20)18-13-14-5-3-2-4-6-14/h2-10H,11-13H2,1H3,(H,18,19). The Morgan fingerprint density at radius 2 is 1.86 bits per heavy atom. The van der Waals surface area contributed by atoms with Crippen LogP contribution in [0.4, 0.5) is 5.69 Å². The first kappa shape index (κ1) is 13.5. The van der Waals surface area contributed by atoms with Crippen molar-refractivity contribution in [2.45, 2.75) is 13.0 Å². The minimum absolute atomic E-state index is 0.722. The molecule has 2 aromatic carbocycles. The van der Waals surface area contributed by atoms with Gasteiger partial charge in [0.25, 0.3) is 0 Å². The monoisotopic (exact) mass is 281 g/mol. The van der Waals surface area contributed by atoms with Crippen molar-refractivity contribution in [2.75, 3.05) is 18.7 Å². The molecule has 1 heterocycles. The highest BCUT2D eigenvalue weighted by Gasteiger charge is 2.17. The number of aliphatic imine (C=N–C) groups is 1. The topological polar surface area (TPSA) is 36.9 Å². The van der Waals surface area contributed by atoms with Crippen molar-refractivity contribution in [1.82, 2.24) is 5.43 Å². The van der Waals surface area contributed by atoms with E-state index in [9.17, 15) is 0 Å². The lowest BCUT2D eigenvalue weighted by Crippen LogP contribution is -2.33. The molecular weight excluding hydrogens is 262 g/mol. The van der Waals surface area contributed by atoms with Crippen LogP contribution in [0.1, 0.15) is 12.0 Å². The van der Waals surface area contributed by atoms with Crippen LogP contribution in [0.2, 0.25) is 0 Å². The van der Waals surface area contributed by atoms with Crippen LogP contribution >= 0.6 is 0 Å². The highest BCUT2D eigenvalue weighted by molar-refractivity contribution is 5.86. The van der Waals surface area contributed by atoms with Gasteiger partial charge in [-0.05, 0) is 29.8 Å². The molecule has 1 aliphatic heterocycles. The van der Waals surface area contributed by atoms with Crippen molar-refractivity contribution < 1.29 is 4.74 Å². The van der Waals surface area contributed by atoms with Gasteiger partial charge in [-0.1, -0.05) is 30.3 Å². The smallest absolute Gasteiger partial charge is 0.119 e. The van der Waals surface area contributed by atoms with Crippen molar-refractivity contribution in [2.24, 2.45) is 4.99 Å². The number of amidine groups is 1. The van der Waals surface area contributed by atoms with Gasteiger partial charge in [0.1, 0.15) is 11.6 Å². The molecule has 0 aliphatic carbocycles. The van der Waals surface area contributed by atoms with Gasteiger partial charge >= 0.3 is 0 Å². The van der Waals surface area contributed by atoms with E-state index < -0.39 is 0 Å². The quantitative estimate of drug-likeness (QED) is 0.936. The van der Waals surface area contributed by atoms with Gasteiger partial charge in [0.2, 0.25) is 0 Å². The predicted molar refractivity (Wildman–Crippen MR) is 85.7 cm³/mol. The van der Waals surface area contributed by atoms with Crippen LogP contribution < -0.4 is 15.2 Å². The number of ether oxygens (including phenoxy) is 1. The van der Waals surface area contributed by atoms with E-state index in [2.05, 4.69) is 27.6 Å². The second-order valence-corrected chi connectivity index (χ2v) is 4.96. The molecule has 0 bridgehead atoms. The molecule has 0 unspecified atom stereocenters. The molecule has 1 saturated heterocycles. The number of nitrogens with one attached hydrogen (secondary N) is 1. The van der Waals surface area contributed by atoms with Gasteiger partial charge in [-0.25, -0.2) is 0 Å². The van der Waals surface area contributed by atoms with Gasteiger partial charge in [-0.15, -0.1) is 0 Å². The SMILES string of the molecule is COc1ccc(N2CCC(=NCc3ccccc3)N2)cc1. The van der Waals surface area contributed by atoms with Crippen molar-refractivity contribution in [3.8, 4) is 5.75 Å². The molecule has 0 aromatic heterocycles. The molecule has 0 atom stereocenters. The van der Waals surface area contributed by atoms with E-state index in [1.165, 1.54) is 5.56 Å². The third-order valence-electron chi connectivity index (χ3n) is 3.52. The Balaban J connectivity index is 1.62. The summed E-state index contributed by atoms with van der Waals surface area (Å²) in [7, 11) is 1.68. The molecular formula is C17H19N3O. The number of anilines is 1. The van der Waals surface area contributed by atoms with Crippen molar-refractivity contribution in [1.29, 1.82) is 0 Å². The maximum absolute atomic E-state index is 5.18. The van der Waals surface area contributed by atoms with Crippen molar-refractivity contribution in [3.63, 3.8) is 0 Å². The number of rotatable bonds is 4. The Hall–Kier alpha value is -2.49. The Morgan fingerprint density at radius 3 is 2.57 bits per heavy atom. The van der Waals surface area contributed by atoms with Gasteiger partial charge in [-0.2, -0.15) is 0 Å². The summed E-state index contributed by atoms with van der Waals surface area (Å²) in [6, 6.07) is 18.3. The normalized spacial score (nSPS) is 16.0. The average molecular weight is 281 g/mol. The number of hydrazine groups is 1. The second-order valence-electron chi connectivity index (χ2n) is 4.96. The molecule has 1 N–H and O–H groups in total. The van der Waals surface area contributed by atoms with Crippen molar-refractivity contribution in [3.05, 3.63) is 60.2 Å². The molecule has 4 nitrogen and oxygen atoms in total. The zero-order valence-electron chi connectivity index (χ0n) is 12.1. The summed E-state index contributed by atoms with van der Waals surface area (Å²) < 4.78 is 5.18. The summed E-state index contributed by atoms with van der Waals surface area (Å²) in [6.07, 6.45) is 0.943. The second kappa shape index (κ2) is 6.31. The van der Waals surface area contributed by atoms with E-state index in [1.807, 2.05) is 42.5 Å². The number of benzene rings is 2. The highest BCUT2D eigenvalue weighted by Crippen LogP contribution is 2.20. The molecule has 1 fully saturated rings. The highest BCUT2D eigenvalue weighted by atomic mass is 16.5. The molecule has 21 heavy (non-hydrogen) atoms. The molecule has 0 amide bonds. The Bertz CT molecular complexity index is 608. The van der Waals surface area contributed by atoms with Gasteiger partial charge in [0.15, 0.2) is 0 Å². The van der Waals surface area contributed by atoms with Gasteiger partial charge < -0.3 is 4.74 Å². The third kappa shape index (κ3) is 3.34.